The van der Waals surface area contributed by atoms with Crippen LogP contribution < -0.4 is 5.32 Å². The molecule has 0 spiro atoms. The first-order chi connectivity index (χ1) is 13.0. The molecule has 140 valence electrons. The minimum Gasteiger partial charge on any atom is -0.352 e. The number of carbonyl (C=O) groups excluding carboxylic acids is 1. The van der Waals surface area contributed by atoms with E-state index >= 15 is 0 Å². The van der Waals surface area contributed by atoms with Crippen LogP contribution in [0.1, 0.15) is 38.3 Å². The molecule has 0 unspecified atom stereocenters. The minimum atomic E-state index is -0.344. The lowest BCUT2D eigenvalue weighted by molar-refractivity contribution is -0.129. The van der Waals surface area contributed by atoms with Gasteiger partial charge in [0.2, 0.25) is 5.91 Å². The molecule has 0 aliphatic carbocycles. The van der Waals surface area contributed by atoms with E-state index in [0.29, 0.717) is 6.54 Å². The molecule has 0 aliphatic rings. The van der Waals surface area contributed by atoms with Crippen LogP contribution in [0.5, 0.6) is 0 Å². The van der Waals surface area contributed by atoms with Crippen LogP contribution >= 0.6 is 0 Å². The number of benzene rings is 2. The van der Waals surface area contributed by atoms with Crippen molar-refractivity contribution < 1.29 is 4.79 Å². The topological polar surface area (TPSA) is 46.9 Å². The van der Waals surface area contributed by atoms with Crippen molar-refractivity contribution in [3.05, 3.63) is 78.1 Å². The summed E-state index contributed by atoms with van der Waals surface area (Å²) in [4.78, 5) is 12.4. The fourth-order valence-electron chi connectivity index (χ4n) is 2.90. The van der Waals surface area contributed by atoms with Crippen molar-refractivity contribution in [1.29, 1.82) is 0 Å². The summed E-state index contributed by atoms with van der Waals surface area (Å²) < 4.78 is 1.91. The van der Waals surface area contributed by atoms with Gasteiger partial charge in [0.1, 0.15) is 0 Å². The van der Waals surface area contributed by atoms with E-state index in [0.717, 1.165) is 29.7 Å². The minimum absolute atomic E-state index is 0.0920. The van der Waals surface area contributed by atoms with Crippen molar-refractivity contribution >= 4 is 5.91 Å². The Kier molecular flexibility index (Phi) is 5.75. The van der Waals surface area contributed by atoms with Gasteiger partial charge in [-0.1, -0.05) is 69.3 Å². The maximum Gasteiger partial charge on any atom is 0.225 e. The highest BCUT2D eigenvalue weighted by atomic mass is 16.2. The maximum absolute atomic E-state index is 12.4. The maximum atomic E-state index is 12.4. The van der Waals surface area contributed by atoms with E-state index in [4.69, 9.17) is 0 Å². The fraction of sp³-hybridized carbons (Fsp3) is 0.304. The quantitative estimate of drug-likeness (QED) is 0.666. The molecule has 0 atom stereocenters. The number of hydrogen-bond acceptors (Lipinski definition) is 2. The van der Waals surface area contributed by atoms with E-state index in [2.05, 4.69) is 46.8 Å². The molecule has 1 amide bonds. The Hall–Kier alpha value is -2.88. The second-order valence-electron chi connectivity index (χ2n) is 7.48. The molecule has 2 aromatic carbocycles. The molecule has 3 aromatic rings. The average molecular weight is 361 g/mol. The zero-order valence-electron chi connectivity index (χ0n) is 16.3. The summed E-state index contributed by atoms with van der Waals surface area (Å²) in [5.74, 6) is 0.0920. The smallest absolute Gasteiger partial charge is 0.225 e. The lowest BCUT2D eigenvalue weighted by atomic mass is 9.89. The Morgan fingerprint density at radius 1 is 1.07 bits per heavy atom. The molecule has 0 radical (unpaired) electrons. The first-order valence-electron chi connectivity index (χ1n) is 9.42. The van der Waals surface area contributed by atoms with Gasteiger partial charge in [0, 0.05) is 24.4 Å². The molecule has 1 heterocycles. The van der Waals surface area contributed by atoms with E-state index in [1.165, 1.54) is 5.56 Å². The van der Waals surface area contributed by atoms with Gasteiger partial charge in [-0.25, -0.2) is 0 Å². The van der Waals surface area contributed by atoms with Crippen molar-refractivity contribution in [3.8, 4) is 11.1 Å². The molecule has 0 saturated carbocycles. The number of amides is 1. The average Bonchev–Trinajstić information content (AvgIpc) is 3.20. The molecule has 27 heavy (non-hydrogen) atoms. The van der Waals surface area contributed by atoms with Gasteiger partial charge in [0.25, 0.3) is 0 Å². The van der Waals surface area contributed by atoms with Crippen LogP contribution in [0, 0.1) is 5.41 Å². The monoisotopic (exact) mass is 361 g/mol. The van der Waals surface area contributed by atoms with Gasteiger partial charge in [-0.05, 0) is 34.7 Å². The Labute approximate surface area is 161 Å². The van der Waals surface area contributed by atoms with Crippen LogP contribution in [-0.4, -0.2) is 15.7 Å². The largest absolute Gasteiger partial charge is 0.352 e. The van der Waals surface area contributed by atoms with Crippen molar-refractivity contribution in [2.45, 2.75) is 40.3 Å². The summed E-state index contributed by atoms with van der Waals surface area (Å²) in [6.45, 7) is 7.29. The zero-order chi connectivity index (χ0) is 19.3. The summed E-state index contributed by atoms with van der Waals surface area (Å²) in [6.07, 6.45) is 4.57. The zero-order valence-corrected chi connectivity index (χ0v) is 16.3. The molecule has 0 fully saturated rings. The summed E-state index contributed by atoms with van der Waals surface area (Å²) in [5.41, 5.74) is 4.29. The van der Waals surface area contributed by atoms with Crippen LogP contribution in [0.3, 0.4) is 0 Å². The molecule has 1 aromatic heterocycles. The predicted molar refractivity (Wildman–Crippen MR) is 109 cm³/mol. The second kappa shape index (κ2) is 8.21. The third-order valence-corrected chi connectivity index (χ3v) is 5.12. The van der Waals surface area contributed by atoms with Crippen molar-refractivity contribution in [2.75, 3.05) is 0 Å². The highest BCUT2D eigenvalue weighted by Gasteiger charge is 2.24. The first-order valence-corrected chi connectivity index (χ1v) is 9.42. The number of carbonyl (C=O) groups is 1. The van der Waals surface area contributed by atoms with E-state index in [1.54, 1.807) is 6.20 Å². The van der Waals surface area contributed by atoms with Crippen LogP contribution in [0.25, 0.3) is 11.1 Å². The highest BCUT2D eigenvalue weighted by Crippen LogP contribution is 2.25. The van der Waals surface area contributed by atoms with Crippen molar-refractivity contribution in [2.24, 2.45) is 5.41 Å². The Bertz CT molecular complexity index is 880. The lowest BCUT2D eigenvalue weighted by Crippen LogP contribution is -2.36. The van der Waals surface area contributed by atoms with Crippen LogP contribution in [0.15, 0.2) is 67.0 Å². The Morgan fingerprint density at radius 2 is 1.81 bits per heavy atom. The molecule has 4 nitrogen and oxygen atoms in total. The van der Waals surface area contributed by atoms with E-state index in [9.17, 15) is 4.79 Å². The molecule has 0 aliphatic heterocycles. The van der Waals surface area contributed by atoms with Crippen LogP contribution in [0.4, 0.5) is 0 Å². The van der Waals surface area contributed by atoms with Gasteiger partial charge in [0.05, 0.1) is 6.54 Å². The second-order valence-corrected chi connectivity index (χ2v) is 7.48. The molecule has 0 bridgehead atoms. The predicted octanol–water partition coefficient (Wildman–Crippen LogP) is 4.65. The van der Waals surface area contributed by atoms with Crippen molar-refractivity contribution in [1.82, 2.24) is 15.1 Å². The third kappa shape index (κ3) is 4.64. The summed E-state index contributed by atoms with van der Waals surface area (Å²) in [5, 5.41) is 7.34. The van der Waals surface area contributed by atoms with Gasteiger partial charge < -0.3 is 5.32 Å². The summed E-state index contributed by atoms with van der Waals surface area (Å²) in [7, 11) is 0. The molecule has 4 heteroatoms. The molecular weight excluding hydrogens is 334 g/mol. The number of hydrogen-bond donors (Lipinski definition) is 1. The van der Waals surface area contributed by atoms with Gasteiger partial charge in [-0.3, -0.25) is 9.48 Å². The first kappa shape index (κ1) is 18.9. The molecule has 3 rings (SSSR count). The highest BCUT2D eigenvalue weighted by molar-refractivity contribution is 5.82. The molecule has 0 saturated heterocycles. The summed E-state index contributed by atoms with van der Waals surface area (Å²) in [6, 6.07) is 18.7. The number of aromatic nitrogens is 2. The third-order valence-electron chi connectivity index (χ3n) is 5.12. The van der Waals surface area contributed by atoms with Crippen LogP contribution in [-0.2, 0) is 17.9 Å². The molecular formula is C23H27N3O. The van der Waals surface area contributed by atoms with E-state index < -0.39 is 0 Å². The lowest BCUT2D eigenvalue weighted by Gasteiger charge is -2.22. The van der Waals surface area contributed by atoms with Gasteiger partial charge in [0.15, 0.2) is 0 Å². The fourth-order valence-corrected chi connectivity index (χ4v) is 2.90. The van der Waals surface area contributed by atoms with Crippen LogP contribution in [0.2, 0.25) is 0 Å². The summed E-state index contributed by atoms with van der Waals surface area (Å²) >= 11 is 0. The normalized spacial score (nSPS) is 11.4. The van der Waals surface area contributed by atoms with E-state index in [-0.39, 0.29) is 11.3 Å². The Balaban J connectivity index is 1.74. The van der Waals surface area contributed by atoms with Gasteiger partial charge >= 0.3 is 0 Å². The SMILES string of the molecule is CCC(C)(C)C(=O)NCc1ccccc1-c1ccc(Cn2cccn2)cc1. The van der Waals surface area contributed by atoms with Gasteiger partial charge in [-0.2, -0.15) is 5.10 Å². The standard InChI is InChI=1S/C23H27N3O/c1-4-23(2,3)22(27)24-16-20-8-5-6-9-21(20)19-12-10-18(11-13-19)17-26-15-7-14-25-26/h5-15H,4,16-17H2,1-3H3,(H,24,27). The molecule has 1 N–H and O–H groups in total. The number of nitrogens with zero attached hydrogens (tertiary/aromatic N) is 2. The number of nitrogens with one attached hydrogen (secondary N) is 1. The Morgan fingerprint density at radius 3 is 2.48 bits per heavy atom. The van der Waals surface area contributed by atoms with Crippen molar-refractivity contribution in [3.63, 3.8) is 0 Å². The van der Waals surface area contributed by atoms with E-state index in [1.807, 2.05) is 49.8 Å². The van der Waals surface area contributed by atoms with Gasteiger partial charge in [-0.15, -0.1) is 0 Å². The number of rotatable bonds is 7.